The molecule has 4 aromatic rings. The van der Waals surface area contributed by atoms with Crippen LogP contribution in [-0.4, -0.2) is 46.3 Å². The minimum Gasteiger partial charge on any atom is -0.320 e. The molecular weight excluding hydrogens is 505 g/mol. The SMILES string of the molecule is Cc1cc(C)n2nc(C(=O)Nc3ccc(F)cc3C)c(-c3ccc(C)c(S(=O)(=O)N4CCCCC4)c3)c2n1. The third-order valence-electron chi connectivity index (χ3n) is 6.96. The van der Waals surface area contributed by atoms with Gasteiger partial charge in [-0.15, -0.1) is 0 Å². The molecule has 0 saturated carbocycles. The molecule has 0 unspecified atom stereocenters. The number of hydrogen-bond donors (Lipinski definition) is 1. The average Bonchev–Trinajstić information content (AvgIpc) is 3.26. The highest BCUT2D eigenvalue weighted by Gasteiger charge is 2.29. The number of nitrogens with zero attached hydrogens (tertiary/aromatic N) is 4. The topological polar surface area (TPSA) is 96.7 Å². The Hall–Kier alpha value is -3.63. The summed E-state index contributed by atoms with van der Waals surface area (Å²) in [5.74, 6) is -0.899. The third kappa shape index (κ3) is 4.69. The first-order chi connectivity index (χ1) is 18.1. The normalized spacial score (nSPS) is 14.7. The van der Waals surface area contributed by atoms with Crippen LogP contribution in [0, 0.1) is 33.5 Å². The highest BCUT2D eigenvalue weighted by Crippen LogP contribution is 2.33. The minimum absolute atomic E-state index is 0.0973. The summed E-state index contributed by atoms with van der Waals surface area (Å²) in [5, 5.41) is 7.42. The second-order valence-corrected chi connectivity index (χ2v) is 11.8. The van der Waals surface area contributed by atoms with Crippen molar-refractivity contribution >= 4 is 27.3 Å². The molecule has 2 aromatic carbocycles. The molecule has 2 aromatic heterocycles. The number of nitrogens with one attached hydrogen (secondary N) is 1. The van der Waals surface area contributed by atoms with E-state index in [2.05, 4.69) is 15.4 Å². The summed E-state index contributed by atoms with van der Waals surface area (Å²) >= 11 is 0. The predicted octanol–water partition coefficient (Wildman–Crippen LogP) is 5.20. The van der Waals surface area contributed by atoms with E-state index in [0.717, 1.165) is 30.7 Å². The number of benzene rings is 2. The van der Waals surface area contributed by atoms with Crippen LogP contribution in [0.3, 0.4) is 0 Å². The van der Waals surface area contributed by atoms with Crippen LogP contribution < -0.4 is 5.32 Å². The highest BCUT2D eigenvalue weighted by molar-refractivity contribution is 7.89. The third-order valence-corrected chi connectivity index (χ3v) is 9.00. The number of aromatic nitrogens is 3. The summed E-state index contributed by atoms with van der Waals surface area (Å²) in [5.41, 5.74) is 4.68. The molecule has 1 N–H and O–H groups in total. The number of fused-ring (bicyclic) bond motifs is 1. The van der Waals surface area contributed by atoms with Crippen molar-refractivity contribution in [3.63, 3.8) is 0 Å². The molecule has 8 nitrogen and oxygen atoms in total. The van der Waals surface area contributed by atoms with Crippen LogP contribution in [0.5, 0.6) is 0 Å². The van der Waals surface area contributed by atoms with Gasteiger partial charge in [0.15, 0.2) is 11.3 Å². The first-order valence-corrected chi connectivity index (χ1v) is 14.1. The Morgan fingerprint density at radius 2 is 1.68 bits per heavy atom. The molecule has 1 amide bonds. The van der Waals surface area contributed by atoms with Crippen molar-refractivity contribution in [2.75, 3.05) is 18.4 Å². The molecule has 1 fully saturated rings. The molecule has 10 heteroatoms. The molecular formula is C28H30FN5O3S. The maximum absolute atomic E-state index is 13.6. The number of aryl methyl sites for hydroxylation is 4. The molecule has 0 bridgehead atoms. The molecule has 38 heavy (non-hydrogen) atoms. The fourth-order valence-corrected chi connectivity index (χ4v) is 6.74. The van der Waals surface area contributed by atoms with Gasteiger partial charge in [0, 0.05) is 30.2 Å². The van der Waals surface area contributed by atoms with E-state index in [0.29, 0.717) is 46.7 Å². The fourth-order valence-electron chi connectivity index (χ4n) is 4.97. The number of amides is 1. The van der Waals surface area contributed by atoms with Crippen molar-refractivity contribution < 1.29 is 17.6 Å². The van der Waals surface area contributed by atoms with Crippen molar-refractivity contribution in [1.82, 2.24) is 18.9 Å². The van der Waals surface area contributed by atoms with E-state index in [1.54, 1.807) is 36.6 Å². The Morgan fingerprint density at radius 3 is 2.39 bits per heavy atom. The number of carbonyl (C=O) groups excluding carboxylic acids is 1. The molecule has 1 saturated heterocycles. The van der Waals surface area contributed by atoms with Gasteiger partial charge in [-0.25, -0.2) is 22.3 Å². The predicted molar refractivity (Wildman–Crippen MR) is 144 cm³/mol. The van der Waals surface area contributed by atoms with E-state index in [9.17, 15) is 17.6 Å². The van der Waals surface area contributed by atoms with Crippen molar-refractivity contribution in [2.24, 2.45) is 0 Å². The Morgan fingerprint density at radius 1 is 0.947 bits per heavy atom. The number of carbonyl (C=O) groups is 1. The average molecular weight is 536 g/mol. The molecule has 0 radical (unpaired) electrons. The number of halogens is 1. The monoisotopic (exact) mass is 535 g/mol. The van der Waals surface area contributed by atoms with Gasteiger partial charge in [-0.1, -0.05) is 18.6 Å². The van der Waals surface area contributed by atoms with E-state index >= 15 is 0 Å². The maximum atomic E-state index is 13.6. The van der Waals surface area contributed by atoms with Crippen LogP contribution in [0.15, 0.2) is 47.4 Å². The van der Waals surface area contributed by atoms with Crippen LogP contribution in [-0.2, 0) is 10.0 Å². The lowest BCUT2D eigenvalue weighted by atomic mass is 10.0. The van der Waals surface area contributed by atoms with Gasteiger partial charge in [0.05, 0.1) is 10.5 Å². The zero-order valence-corrected chi connectivity index (χ0v) is 22.7. The van der Waals surface area contributed by atoms with Crippen LogP contribution in [0.25, 0.3) is 16.8 Å². The summed E-state index contributed by atoms with van der Waals surface area (Å²) in [6.45, 7) is 8.18. The molecule has 5 rings (SSSR count). The largest absolute Gasteiger partial charge is 0.320 e. The number of piperidine rings is 1. The van der Waals surface area contributed by atoms with Gasteiger partial charge in [0.1, 0.15) is 5.82 Å². The molecule has 0 spiro atoms. The minimum atomic E-state index is -3.72. The molecule has 0 aliphatic carbocycles. The Labute approximate surface area is 221 Å². The second-order valence-electron chi connectivity index (χ2n) is 9.86. The maximum Gasteiger partial charge on any atom is 0.276 e. The highest BCUT2D eigenvalue weighted by atomic mass is 32.2. The zero-order chi connectivity index (χ0) is 27.2. The van der Waals surface area contributed by atoms with E-state index in [1.165, 1.54) is 22.5 Å². The summed E-state index contributed by atoms with van der Waals surface area (Å²) in [4.78, 5) is 18.4. The standard InChI is InChI=1S/C28H30FN5O3S/c1-17-8-9-21(16-24(17)38(36,37)33-12-6-5-7-13-33)25-26(32-34-20(4)15-19(3)30-27(25)34)28(35)31-23-11-10-22(29)14-18(23)2/h8-11,14-16H,5-7,12-13H2,1-4H3,(H,31,35). The summed E-state index contributed by atoms with van der Waals surface area (Å²) in [7, 11) is -3.72. The molecule has 198 valence electrons. The fraction of sp³-hybridized carbons (Fsp3) is 0.321. The Balaban J connectivity index is 1.67. The molecule has 1 aliphatic rings. The van der Waals surface area contributed by atoms with Crippen molar-refractivity contribution in [3.05, 3.63) is 76.5 Å². The van der Waals surface area contributed by atoms with Crippen molar-refractivity contribution in [3.8, 4) is 11.1 Å². The number of rotatable bonds is 5. The molecule has 3 heterocycles. The van der Waals surface area contributed by atoms with E-state index in [1.807, 2.05) is 19.9 Å². The Kier molecular flexibility index (Phi) is 6.79. The van der Waals surface area contributed by atoms with Crippen LogP contribution in [0.1, 0.15) is 52.3 Å². The van der Waals surface area contributed by atoms with Gasteiger partial charge < -0.3 is 5.32 Å². The van der Waals surface area contributed by atoms with Gasteiger partial charge in [-0.05, 0) is 87.6 Å². The first-order valence-electron chi connectivity index (χ1n) is 12.6. The quantitative estimate of drug-likeness (QED) is 0.379. The van der Waals surface area contributed by atoms with Crippen molar-refractivity contribution in [1.29, 1.82) is 0 Å². The number of sulfonamides is 1. The van der Waals surface area contributed by atoms with Crippen LogP contribution in [0.4, 0.5) is 10.1 Å². The Bertz CT molecular complexity index is 1670. The van der Waals surface area contributed by atoms with Gasteiger partial charge in [-0.2, -0.15) is 9.40 Å². The van der Waals surface area contributed by atoms with Crippen LogP contribution in [0.2, 0.25) is 0 Å². The molecule has 1 aliphatic heterocycles. The lowest BCUT2D eigenvalue weighted by Crippen LogP contribution is -2.35. The van der Waals surface area contributed by atoms with E-state index in [-0.39, 0.29) is 10.6 Å². The van der Waals surface area contributed by atoms with E-state index < -0.39 is 21.7 Å². The molecule has 0 atom stereocenters. The lowest BCUT2D eigenvalue weighted by Gasteiger charge is -2.26. The number of anilines is 1. The smallest absolute Gasteiger partial charge is 0.276 e. The lowest BCUT2D eigenvalue weighted by molar-refractivity contribution is 0.102. The van der Waals surface area contributed by atoms with Gasteiger partial charge >= 0.3 is 0 Å². The van der Waals surface area contributed by atoms with E-state index in [4.69, 9.17) is 0 Å². The zero-order valence-electron chi connectivity index (χ0n) is 21.9. The first kappa shape index (κ1) is 26.0. The summed E-state index contributed by atoms with van der Waals surface area (Å²) < 4.78 is 44.0. The number of hydrogen-bond acceptors (Lipinski definition) is 5. The van der Waals surface area contributed by atoms with Gasteiger partial charge in [0.2, 0.25) is 10.0 Å². The van der Waals surface area contributed by atoms with Crippen LogP contribution >= 0.6 is 0 Å². The summed E-state index contributed by atoms with van der Waals surface area (Å²) in [6, 6.07) is 11.1. The van der Waals surface area contributed by atoms with Gasteiger partial charge in [-0.3, -0.25) is 4.79 Å². The van der Waals surface area contributed by atoms with Gasteiger partial charge in [0.25, 0.3) is 5.91 Å². The second kappa shape index (κ2) is 9.92. The summed E-state index contributed by atoms with van der Waals surface area (Å²) in [6.07, 6.45) is 2.69. The van der Waals surface area contributed by atoms with Crippen molar-refractivity contribution in [2.45, 2.75) is 51.9 Å².